The van der Waals surface area contributed by atoms with Crippen LogP contribution in [0.15, 0.2) is 72.9 Å². The van der Waals surface area contributed by atoms with Gasteiger partial charge in [0, 0.05) is 48.6 Å². The molecular formula is C27H29ClN4. The van der Waals surface area contributed by atoms with Crippen LogP contribution in [0.5, 0.6) is 0 Å². The normalized spacial score (nSPS) is 14.9. The number of piperazine rings is 1. The van der Waals surface area contributed by atoms with Crippen LogP contribution in [0.4, 0.5) is 5.69 Å². The molecule has 0 amide bonds. The van der Waals surface area contributed by atoms with Crippen molar-refractivity contribution in [1.82, 2.24) is 14.3 Å². The van der Waals surface area contributed by atoms with Gasteiger partial charge in [-0.05, 0) is 62.7 Å². The van der Waals surface area contributed by atoms with E-state index >= 15 is 0 Å². The van der Waals surface area contributed by atoms with Gasteiger partial charge in [0.25, 0.3) is 0 Å². The zero-order valence-electron chi connectivity index (χ0n) is 18.5. The maximum absolute atomic E-state index is 6.11. The summed E-state index contributed by atoms with van der Waals surface area (Å²) in [5, 5.41) is 0.754. The summed E-state index contributed by atoms with van der Waals surface area (Å²) < 4.78 is 2.24. The molecule has 1 aliphatic rings. The second-order valence-electron chi connectivity index (χ2n) is 8.61. The number of aromatic nitrogens is 2. The van der Waals surface area contributed by atoms with Crippen LogP contribution in [0.2, 0.25) is 5.02 Å². The van der Waals surface area contributed by atoms with Crippen molar-refractivity contribution in [1.29, 1.82) is 0 Å². The molecule has 0 aliphatic carbocycles. The molecular weight excluding hydrogens is 416 g/mol. The minimum atomic E-state index is 0.754. The lowest BCUT2D eigenvalue weighted by Gasteiger charge is -2.36. The van der Waals surface area contributed by atoms with E-state index < -0.39 is 0 Å². The van der Waals surface area contributed by atoms with Crippen molar-refractivity contribution >= 4 is 22.9 Å². The van der Waals surface area contributed by atoms with E-state index in [2.05, 4.69) is 75.9 Å². The van der Waals surface area contributed by atoms with E-state index in [1.54, 1.807) is 0 Å². The van der Waals surface area contributed by atoms with Crippen LogP contribution >= 0.6 is 11.6 Å². The van der Waals surface area contributed by atoms with E-state index in [9.17, 15) is 0 Å². The fourth-order valence-corrected chi connectivity index (χ4v) is 4.71. The Morgan fingerprint density at radius 1 is 0.875 bits per heavy atom. The molecule has 164 valence electrons. The SMILES string of the molecule is Cc1ccc(N2CCN(CCCc3c(-c4ccc(Cl)cc4)nc4ccccn34)CC2)cc1. The zero-order chi connectivity index (χ0) is 21.9. The molecule has 0 N–H and O–H groups in total. The smallest absolute Gasteiger partial charge is 0.137 e. The quantitative estimate of drug-likeness (QED) is 0.380. The van der Waals surface area contributed by atoms with E-state index in [4.69, 9.17) is 16.6 Å². The van der Waals surface area contributed by atoms with Gasteiger partial charge in [0.2, 0.25) is 0 Å². The summed E-state index contributed by atoms with van der Waals surface area (Å²) in [5.41, 5.74) is 7.13. The van der Waals surface area contributed by atoms with Gasteiger partial charge < -0.3 is 9.30 Å². The molecule has 0 spiro atoms. The molecule has 0 atom stereocenters. The Kier molecular flexibility index (Phi) is 6.15. The predicted molar refractivity (Wildman–Crippen MR) is 134 cm³/mol. The van der Waals surface area contributed by atoms with Crippen LogP contribution < -0.4 is 4.90 Å². The highest BCUT2D eigenvalue weighted by atomic mass is 35.5. The first-order chi connectivity index (χ1) is 15.7. The van der Waals surface area contributed by atoms with Crippen molar-refractivity contribution in [3.63, 3.8) is 0 Å². The van der Waals surface area contributed by atoms with Crippen molar-refractivity contribution in [3.05, 3.63) is 89.2 Å². The zero-order valence-corrected chi connectivity index (χ0v) is 19.3. The average molecular weight is 445 g/mol. The van der Waals surface area contributed by atoms with Gasteiger partial charge in [-0.15, -0.1) is 0 Å². The summed E-state index contributed by atoms with van der Waals surface area (Å²) in [6.07, 6.45) is 4.24. The summed E-state index contributed by atoms with van der Waals surface area (Å²) >= 11 is 6.11. The maximum Gasteiger partial charge on any atom is 0.137 e. The molecule has 1 fully saturated rings. The van der Waals surface area contributed by atoms with Crippen LogP contribution in [-0.2, 0) is 6.42 Å². The van der Waals surface area contributed by atoms with E-state index in [1.165, 1.54) is 16.9 Å². The third-order valence-electron chi connectivity index (χ3n) is 6.41. The molecule has 2 aromatic heterocycles. The molecule has 5 heteroatoms. The molecule has 4 aromatic rings. The van der Waals surface area contributed by atoms with Crippen molar-refractivity contribution < 1.29 is 0 Å². The van der Waals surface area contributed by atoms with Crippen LogP contribution in [0.1, 0.15) is 17.7 Å². The number of fused-ring (bicyclic) bond motifs is 1. The van der Waals surface area contributed by atoms with Crippen molar-refractivity contribution in [2.75, 3.05) is 37.6 Å². The molecule has 3 heterocycles. The molecule has 0 saturated carbocycles. The minimum absolute atomic E-state index is 0.754. The molecule has 4 nitrogen and oxygen atoms in total. The number of benzene rings is 2. The van der Waals surface area contributed by atoms with Gasteiger partial charge >= 0.3 is 0 Å². The largest absolute Gasteiger partial charge is 0.369 e. The molecule has 5 rings (SSSR count). The number of hydrogen-bond acceptors (Lipinski definition) is 3. The highest BCUT2D eigenvalue weighted by molar-refractivity contribution is 6.30. The van der Waals surface area contributed by atoms with Crippen LogP contribution in [0, 0.1) is 6.92 Å². The third-order valence-corrected chi connectivity index (χ3v) is 6.66. The Morgan fingerprint density at radius 3 is 2.38 bits per heavy atom. The Bertz CT molecular complexity index is 1170. The van der Waals surface area contributed by atoms with Gasteiger partial charge in [-0.3, -0.25) is 4.90 Å². The number of pyridine rings is 1. The lowest BCUT2D eigenvalue weighted by Crippen LogP contribution is -2.46. The Balaban J connectivity index is 1.24. The first kappa shape index (κ1) is 21.0. The minimum Gasteiger partial charge on any atom is -0.369 e. The summed E-state index contributed by atoms with van der Waals surface area (Å²) in [5.74, 6) is 0. The third kappa shape index (κ3) is 4.52. The molecule has 0 unspecified atom stereocenters. The topological polar surface area (TPSA) is 23.8 Å². The summed E-state index contributed by atoms with van der Waals surface area (Å²) in [6.45, 7) is 7.67. The van der Waals surface area contributed by atoms with Crippen LogP contribution in [-0.4, -0.2) is 47.0 Å². The van der Waals surface area contributed by atoms with E-state index in [0.717, 1.165) is 67.5 Å². The first-order valence-electron chi connectivity index (χ1n) is 11.4. The highest BCUT2D eigenvalue weighted by Gasteiger charge is 2.18. The standard InChI is InChI=1S/C27H29ClN4/c1-21-7-13-24(14-8-21)31-19-17-30(18-20-31)15-4-5-25-27(22-9-11-23(28)12-10-22)29-26-6-2-3-16-32(25)26/h2-3,6-14,16H,4-5,15,17-20H2,1H3. The van der Waals surface area contributed by atoms with E-state index in [1.807, 2.05) is 18.2 Å². The van der Waals surface area contributed by atoms with E-state index in [-0.39, 0.29) is 0 Å². The molecule has 0 radical (unpaired) electrons. The average Bonchev–Trinajstić information content (AvgIpc) is 3.19. The maximum atomic E-state index is 6.11. The van der Waals surface area contributed by atoms with Gasteiger partial charge in [-0.1, -0.05) is 47.5 Å². The Hall–Kier alpha value is -2.82. The van der Waals surface area contributed by atoms with E-state index in [0.29, 0.717) is 0 Å². The number of aryl methyl sites for hydroxylation is 2. The highest BCUT2D eigenvalue weighted by Crippen LogP contribution is 2.27. The molecule has 1 aliphatic heterocycles. The molecule has 2 aromatic carbocycles. The van der Waals surface area contributed by atoms with Crippen molar-refractivity contribution in [3.8, 4) is 11.3 Å². The second kappa shape index (κ2) is 9.35. The summed E-state index contributed by atoms with van der Waals surface area (Å²) in [6, 6.07) is 23.1. The lowest BCUT2D eigenvalue weighted by molar-refractivity contribution is 0.255. The Labute approximate surface area is 195 Å². The van der Waals surface area contributed by atoms with Crippen LogP contribution in [0.25, 0.3) is 16.9 Å². The summed E-state index contributed by atoms with van der Waals surface area (Å²) in [7, 11) is 0. The molecule has 32 heavy (non-hydrogen) atoms. The van der Waals surface area contributed by atoms with Gasteiger partial charge in [0.1, 0.15) is 5.65 Å². The Morgan fingerprint density at radius 2 is 1.62 bits per heavy atom. The van der Waals surface area contributed by atoms with Crippen molar-refractivity contribution in [2.24, 2.45) is 0 Å². The second-order valence-corrected chi connectivity index (χ2v) is 9.05. The first-order valence-corrected chi connectivity index (χ1v) is 11.8. The number of nitrogens with zero attached hydrogens (tertiary/aromatic N) is 4. The predicted octanol–water partition coefficient (Wildman–Crippen LogP) is 5.72. The number of rotatable bonds is 6. The molecule has 1 saturated heterocycles. The summed E-state index contributed by atoms with van der Waals surface area (Å²) in [4.78, 5) is 10.0. The fourth-order valence-electron chi connectivity index (χ4n) is 4.58. The van der Waals surface area contributed by atoms with Gasteiger partial charge in [0.05, 0.1) is 11.4 Å². The number of halogens is 1. The number of anilines is 1. The number of hydrogen-bond donors (Lipinski definition) is 0. The van der Waals surface area contributed by atoms with Gasteiger partial charge in [-0.25, -0.2) is 4.98 Å². The lowest BCUT2D eigenvalue weighted by atomic mass is 10.1. The fraction of sp³-hybridized carbons (Fsp3) is 0.296. The number of imidazole rings is 1. The van der Waals surface area contributed by atoms with Gasteiger partial charge in [0.15, 0.2) is 0 Å². The van der Waals surface area contributed by atoms with Crippen molar-refractivity contribution in [2.45, 2.75) is 19.8 Å². The van der Waals surface area contributed by atoms with Gasteiger partial charge in [-0.2, -0.15) is 0 Å². The monoisotopic (exact) mass is 444 g/mol. The van der Waals surface area contributed by atoms with Crippen LogP contribution in [0.3, 0.4) is 0 Å². The molecule has 0 bridgehead atoms.